The topological polar surface area (TPSA) is 85.6 Å². The van der Waals surface area contributed by atoms with Crippen molar-refractivity contribution in [3.63, 3.8) is 0 Å². The molecule has 1 amide bonds. The average molecular weight is 417 g/mol. The Morgan fingerprint density at radius 2 is 1.80 bits per heavy atom. The van der Waals surface area contributed by atoms with Gasteiger partial charge in [0.05, 0.1) is 0 Å². The van der Waals surface area contributed by atoms with Gasteiger partial charge in [-0.1, -0.05) is 18.2 Å². The quantitative estimate of drug-likeness (QED) is 0.479. The van der Waals surface area contributed by atoms with E-state index in [1.165, 1.54) is 0 Å². The van der Waals surface area contributed by atoms with E-state index in [0.717, 1.165) is 5.56 Å². The molecule has 0 bridgehead atoms. The molecule has 30 heavy (non-hydrogen) atoms. The Bertz CT molecular complexity index is 1270. The number of anilines is 1. The number of rotatable bonds is 3. The summed E-state index contributed by atoms with van der Waals surface area (Å²) in [6.45, 7) is 0.150. The van der Waals surface area contributed by atoms with Gasteiger partial charge < -0.3 is 19.2 Å². The Morgan fingerprint density at radius 1 is 0.967 bits per heavy atom. The molecule has 0 saturated heterocycles. The Labute approximate surface area is 176 Å². The minimum atomic E-state index is -0.348. The second-order valence-electron chi connectivity index (χ2n) is 6.54. The molecule has 0 unspecified atom stereocenters. The smallest absolute Gasteiger partial charge is 0.257 e. The molecule has 3 aromatic carbocycles. The maximum atomic E-state index is 12.5. The third kappa shape index (κ3) is 3.56. The molecule has 0 saturated carbocycles. The summed E-state index contributed by atoms with van der Waals surface area (Å²) in [5.74, 6) is 1.34. The number of carbonyl (C=O) groups excluding carboxylic acids is 1. The molecule has 0 atom stereocenters. The summed E-state index contributed by atoms with van der Waals surface area (Å²) in [6, 6.07) is 20.0. The van der Waals surface area contributed by atoms with Crippen LogP contribution in [0.4, 0.5) is 5.69 Å². The fourth-order valence-electron chi connectivity index (χ4n) is 3.08. The van der Waals surface area contributed by atoms with Gasteiger partial charge in [0.15, 0.2) is 22.2 Å². The van der Waals surface area contributed by atoms with Crippen LogP contribution in [0.3, 0.4) is 0 Å². The summed E-state index contributed by atoms with van der Waals surface area (Å²) in [6.07, 6.45) is 0. The van der Waals surface area contributed by atoms with Crippen LogP contribution in [0.5, 0.6) is 11.5 Å². The average Bonchev–Trinajstić information content (AvgIpc) is 3.40. The Kier molecular flexibility index (Phi) is 4.53. The molecule has 2 N–H and O–H groups in total. The lowest BCUT2D eigenvalue weighted by Gasteiger charge is -2.09. The first-order valence-corrected chi connectivity index (χ1v) is 9.54. The number of thiocarbonyl (C=S) groups is 1. The molecule has 1 aliphatic heterocycles. The Balaban J connectivity index is 1.29. The summed E-state index contributed by atoms with van der Waals surface area (Å²) in [5.41, 5.74) is 3.35. The van der Waals surface area contributed by atoms with Crippen molar-refractivity contribution in [2.45, 2.75) is 0 Å². The van der Waals surface area contributed by atoms with Crippen molar-refractivity contribution in [2.24, 2.45) is 0 Å². The van der Waals surface area contributed by atoms with E-state index in [0.29, 0.717) is 39.7 Å². The van der Waals surface area contributed by atoms with E-state index in [2.05, 4.69) is 15.6 Å². The van der Waals surface area contributed by atoms with E-state index < -0.39 is 0 Å². The van der Waals surface area contributed by atoms with Gasteiger partial charge in [0, 0.05) is 16.8 Å². The Hall–Kier alpha value is -3.91. The number of hydrogen-bond acceptors (Lipinski definition) is 6. The number of nitrogens with one attached hydrogen (secondary N) is 2. The SMILES string of the molecule is O=C(NC(=S)Nc1ccc2oc(-c3ccccc3)nc2c1)c1ccc2c(c1)OCO2. The highest BCUT2D eigenvalue weighted by atomic mass is 32.1. The van der Waals surface area contributed by atoms with Gasteiger partial charge in [-0.15, -0.1) is 0 Å². The lowest BCUT2D eigenvalue weighted by Crippen LogP contribution is -2.34. The van der Waals surface area contributed by atoms with Gasteiger partial charge in [-0.2, -0.15) is 0 Å². The lowest BCUT2D eigenvalue weighted by atomic mass is 10.2. The fraction of sp³-hybridized carbons (Fsp3) is 0.0455. The number of fused-ring (bicyclic) bond motifs is 2. The van der Waals surface area contributed by atoms with Gasteiger partial charge in [0.25, 0.3) is 5.91 Å². The van der Waals surface area contributed by atoms with Crippen LogP contribution in [0.1, 0.15) is 10.4 Å². The largest absolute Gasteiger partial charge is 0.454 e. The molecule has 2 heterocycles. The molecule has 0 aliphatic carbocycles. The van der Waals surface area contributed by atoms with Crippen molar-refractivity contribution in [3.8, 4) is 23.0 Å². The van der Waals surface area contributed by atoms with Crippen LogP contribution in [0.2, 0.25) is 0 Å². The molecule has 8 heteroatoms. The van der Waals surface area contributed by atoms with Gasteiger partial charge in [-0.3, -0.25) is 10.1 Å². The lowest BCUT2D eigenvalue weighted by molar-refractivity contribution is 0.0977. The molecule has 0 fully saturated rings. The number of ether oxygens (including phenoxy) is 2. The summed E-state index contributed by atoms with van der Waals surface area (Å²) in [5, 5.41) is 5.82. The van der Waals surface area contributed by atoms with Crippen molar-refractivity contribution in [2.75, 3.05) is 12.1 Å². The first kappa shape index (κ1) is 18.1. The van der Waals surface area contributed by atoms with Crippen molar-refractivity contribution < 1.29 is 18.7 Å². The molecule has 0 radical (unpaired) electrons. The van der Waals surface area contributed by atoms with Crippen molar-refractivity contribution in [1.82, 2.24) is 10.3 Å². The van der Waals surface area contributed by atoms with Crippen LogP contribution in [0, 0.1) is 0 Å². The first-order valence-electron chi connectivity index (χ1n) is 9.14. The molecular weight excluding hydrogens is 402 g/mol. The summed E-state index contributed by atoms with van der Waals surface area (Å²) < 4.78 is 16.4. The molecule has 1 aliphatic rings. The van der Waals surface area contributed by atoms with Gasteiger partial charge in [-0.05, 0) is 60.7 Å². The van der Waals surface area contributed by atoms with Crippen molar-refractivity contribution in [1.29, 1.82) is 0 Å². The van der Waals surface area contributed by atoms with Gasteiger partial charge in [0.1, 0.15) is 5.52 Å². The highest BCUT2D eigenvalue weighted by Gasteiger charge is 2.17. The number of nitrogens with zero attached hydrogens (tertiary/aromatic N) is 1. The maximum absolute atomic E-state index is 12.5. The number of benzene rings is 3. The maximum Gasteiger partial charge on any atom is 0.257 e. The van der Waals surface area contributed by atoms with Crippen molar-refractivity contribution >= 4 is 40.0 Å². The van der Waals surface area contributed by atoms with Gasteiger partial charge in [0.2, 0.25) is 12.7 Å². The third-order valence-corrected chi connectivity index (χ3v) is 4.73. The van der Waals surface area contributed by atoms with E-state index in [4.69, 9.17) is 26.1 Å². The second kappa shape index (κ2) is 7.49. The second-order valence-corrected chi connectivity index (χ2v) is 6.95. The summed E-state index contributed by atoms with van der Waals surface area (Å²) in [4.78, 5) is 17.0. The van der Waals surface area contributed by atoms with Crippen LogP contribution >= 0.6 is 12.2 Å². The molecule has 4 aromatic rings. The molecule has 5 rings (SSSR count). The van der Waals surface area contributed by atoms with Crippen LogP contribution in [0.25, 0.3) is 22.6 Å². The first-order chi connectivity index (χ1) is 14.7. The van der Waals surface area contributed by atoms with Gasteiger partial charge >= 0.3 is 0 Å². The Morgan fingerprint density at radius 3 is 2.67 bits per heavy atom. The highest BCUT2D eigenvalue weighted by molar-refractivity contribution is 7.80. The molecule has 7 nitrogen and oxygen atoms in total. The zero-order chi connectivity index (χ0) is 20.5. The molecule has 1 aromatic heterocycles. The van der Waals surface area contributed by atoms with E-state index in [1.807, 2.05) is 36.4 Å². The number of oxazole rings is 1. The number of aromatic nitrogens is 1. The van der Waals surface area contributed by atoms with Crippen LogP contribution in [-0.4, -0.2) is 22.8 Å². The van der Waals surface area contributed by atoms with Gasteiger partial charge in [-0.25, -0.2) is 4.98 Å². The summed E-state index contributed by atoms with van der Waals surface area (Å²) in [7, 11) is 0. The van der Waals surface area contributed by atoms with Crippen molar-refractivity contribution in [3.05, 3.63) is 72.3 Å². The summed E-state index contributed by atoms with van der Waals surface area (Å²) >= 11 is 5.27. The predicted molar refractivity (Wildman–Crippen MR) is 116 cm³/mol. The monoisotopic (exact) mass is 417 g/mol. The van der Waals surface area contributed by atoms with Crippen LogP contribution < -0.4 is 20.1 Å². The van der Waals surface area contributed by atoms with E-state index >= 15 is 0 Å². The minimum absolute atomic E-state index is 0.150. The molecule has 0 spiro atoms. The van der Waals surface area contributed by atoms with E-state index in [1.54, 1.807) is 30.3 Å². The van der Waals surface area contributed by atoms with Crippen LogP contribution in [-0.2, 0) is 0 Å². The zero-order valence-corrected chi connectivity index (χ0v) is 16.4. The number of amides is 1. The third-order valence-electron chi connectivity index (χ3n) is 4.53. The normalized spacial score (nSPS) is 12.0. The minimum Gasteiger partial charge on any atom is -0.454 e. The number of carbonyl (C=O) groups is 1. The molecular formula is C22H15N3O4S. The standard InChI is InChI=1S/C22H15N3O4S/c26-20(14-6-8-18-19(10-14)28-12-27-18)25-22(30)23-15-7-9-17-16(11-15)24-21(29-17)13-4-2-1-3-5-13/h1-11H,12H2,(H2,23,25,26,30). The number of hydrogen-bond donors (Lipinski definition) is 2. The van der Waals surface area contributed by atoms with E-state index in [-0.39, 0.29) is 17.8 Å². The predicted octanol–water partition coefficient (Wildman–Crippen LogP) is 4.35. The zero-order valence-electron chi connectivity index (χ0n) is 15.5. The van der Waals surface area contributed by atoms with Crippen LogP contribution in [0.15, 0.2) is 71.1 Å². The fourth-order valence-corrected chi connectivity index (χ4v) is 3.30. The van der Waals surface area contributed by atoms with E-state index in [9.17, 15) is 4.79 Å². The highest BCUT2D eigenvalue weighted by Crippen LogP contribution is 2.32. The molecule has 148 valence electrons.